The monoisotopic (exact) mass is 672 g/mol. The average molecular weight is 673 g/mol. The minimum absolute atomic E-state index is 0.118. The quantitative estimate of drug-likeness (QED) is 0.144. The molecule has 49 heavy (non-hydrogen) atoms. The Morgan fingerprint density at radius 2 is 0.755 bits per heavy atom. The van der Waals surface area contributed by atoms with Crippen LogP contribution in [-0.2, 0) is 35.3 Å². The average Bonchev–Trinajstić information content (AvgIpc) is 3.12. The predicted molar refractivity (Wildman–Crippen MR) is 186 cm³/mol. The molecule has 0 aliphatic carbocycles. The number of amides is 2. The number of benzene rings is 4. The molecule has 2 amide bonds. The highest BCUT2D eigenvalue weighted by Crippen LogP contribution is 2.38. The molecule has 0 aromatic heterocycles. The Morgan fingerprint density at radius 1 is 0.429 bits per heavy atom. The van der Waals surface area contributed by atoms with Crippen molar-refractivity contribution in [2.45, 2.75) is 25.7 Å². The number of carbonyl (C=O) groups excluding carboxylic acids is 2. The minimum atomic E-state index is -0.125. The van der Waals surface area contributed by atoms with Gasteiger partial charge in [-0.3, -0.25) is 9.59 Å². The van der Waals surface area contributed by atoms with Crippen molar-refractivity contribution in [3.8, 4) is 46.0 Å². The molecule has 0 aliphatic heterocycles. The van der Waals surface area contributed by atoms with E-state index in [1.807, 2.05) is 48.5 Å². The Labute approximate surface area is 287 Å². The summed E-state index contributed by atoms with van der Waals surface area (Å²) < 4.78 is 38.6. The first-order valence-corrected chi connectivity index (χ1v) is 15.8. The zero-order valence-electron chi connectivity index (χ0n) is 28.8. The van der Waals surface area contributed by atoms with Crippen LogP contribution in [0.3, 0.4) is 0 Å². The second kappa shape index (κ2) is 18.1. The fourth-order valence-corrected chi connectivity index (χ4v) is 5.20. The van der Waals surface area contributed by atoms with Gasteiger partial charge in [-0.2, -0.15) is 0 Å². The molecule has 0 atom stereocenters. The van der Waals surface area contributed by atoms with Crippen molar-refractivity contribution < 1.29 is 42.7 Å². The summed E-state index contributed by atoms with van der Waals surface area (Å²) in [5.74, 6) is 4.18. The Hall–Kier alpha value is -5.58. The maximum absolute atomic E-state index is 12.8. The highest BCUT2D eigenvalue weighted by Gasteiger charge is 2.15. The number of rotatable bonds is 18. The molecule has 0 saturated heterocycles. The summed E-state index contributed by atoms with van der Waals surface area (Å²) in [5, 5.41) is 5.93. The van der Waals surface area contributed by atoms with Gasteiger partial charge in [-0.05, 0) is 83.6 Å². The molecule has 0 fully saturated rings. The van der Waals surface area contributed by atoms with Crippen molar-refractivity contribution in [3.63, 3.8) is 0 Å². The molecule has 4 aromatic rings. The zero-order valence-corrected chi connectivity index (χ0v) is 28.8. The molecule has 260 valence electrons. The van der Waals surface area contributed by atoms with Crippen molar-refractivity contribution in [1.82, 2.24) is 10.6 Å². The van der Waals surface area contributed by atoms with Crippen molar-refractivity contribution in [1.29, 1.82) is 0 Å². The molecule has 4 rings (SSSR count). The summed E-state index contributed by atoms with van der Waals surface area (Å²) in [5.41, 5.74) is 3.55. The highest BCUT2D eigenvalue weighted by atomic mass is 16.5. The van der Waals surface area contributed by atoms with Crippen LogP contribution in [-0.4, -0.2) is 67.6 Å². The third-order valence-electron chi connectivity index (χ3n) is 7.77. The van der Waals surface area contributed by atoms with Crippen LogP contribution in [0.15, 0.2) is 72.8 Å². The van der Waals surface area contributed by atoms with Gasteiger partial charge in [0.1, 0.15) is 0 Å². The molecule has 4 aromatic carbocycles. The lowest BCUT2D eigenvalue weighted by Crippen LogP contribution is -2.27. The van der Waals surface area contributed by atoms with Crippen molar-refractivity contribution >= 4 is 11.8 Å². The molecule has 0 unspecified atom stereocenters. The second-order valence-corrected chi connectivity index (χ2v) is 11.0. The van der Waals surface area contributed by atoms with E-state index < -0.39 is 0 Å². The standard InChI is InChI=1S/C38H44N2O9/c1-43-29-11-7-25(19-33(29)46-4)15-17-39-37(41)23-27-10-14-32(35(21-27)48-6)49-36-22-28(9-13-31(36)45-3)24-38(42)40-18-16-26-8-12-30(44-2)34(20-26)47-5/h7-14,19-22H,15-18,23-24H2,1-6H3,(H,39,41)(H,40,42). The third kappa shape index (κ3) is 10.2. The molecular weight excluding hydrogens is 628 g/mol. The Balaban J connectivity index is 1.32. The van der Waals surface area contributed by atoms with Crippen LogP contribution in [0.2, 0.25) is 0 Å². The molecular formula is C38H44N2O9. The first-order valence-electron chi connectivity index (χ1n) is 15.8. The van der Waals surface area contributed by atoms with Crippen molar-refractivity contribution in [2.24, 2.45) is 0 Å². The largest absolute Gasteiger partial charge is 0.493 e. The lowest BCUT2D eigenvalue weighted by Gasteiger charge is -2.15. The topological polar surface area (TPSA) is 123 Å². The van der Waals surface area contributed by atoms with E-state index in [4.69, 9.17) is 33.2 Å². The van der Waals surface area contributed by atoms with E-state index in [-0.39, 0.29) is 24.7 Å². The third-order valence-corrected chi connectivity index (χ3v) is 7.77. The molecule has 0 bridgehead atoms. The molecule has 2 N–H and O–H groups in total. The fraction of sp³-hybridized carbons (Fsp3) is 0.316. The summed E-state index contributed by atoms with van der Waals surface area (Å²) >= 11 is 0. The molecule has 0 radical (unpaired) electrons. The van der Waals surface area contributed by atoms with E-state index in [1.165, 1.54) is 7.11 Å². The SMILES string of the molecule is COc1ccc(CCNC(=O)Cc2ccc(Oc3cc(CC(=O)NCCc4ccc(OC)c(OC)c4)ccc3OC)c(OC)c2)cc1OC. The summed E-state index contributed by atoms with van der Waals surface area (Å²) in [7, 11) is 9.45. The van der Waals surface area contributed by atoms with Crippen LogP contribution in [0.4, 0.5) is 0 Å². The lowest BCUT2D eigenvalue weighted by molar-refractivity contribution is -0.121. The molecule has 0 spiro atoms. The molecule has 0 heterocycles. The summed E-state index contributed by atoms with van der Waals surface area (Å²) in [6.07, 6.45) is 1.61. The number of hydrogen-bond donors (Lipinski definition) is 2. The molecule has 0 saturated carbocycles. The van der Waals surface area contributed by atoms with E-state index in [9.17, 15) is 9.59 Å². The van der Waals surface area contributed by atoms with E-state index in [2.05, 4.69) is 10.6 Å². The first kappa shape index (κ1) is 36.3. The molecule has 0 aliphatic rings. The van der Waals surface area contributed by atoms with E-state index in [1.54, 1.807) is 59.8 Å². The molecule has 11 nitrogen and oxygen atoms in total. The van der Waals surface area contributed by atoms with Gasteiger partial charge in [0.05, 0.1) is 55.5 Å². The highest BCUT2D eigenvalue weighted by molar-refractivity contribution is 5.79. The Kier molecular flexibility index (Phi) is 13.4. The van der Waals surface area contributed by atoms with Crippen LogP contribution in [0.25, 0.3) is 0 Å². The fourth-order valence-electron chi connectivity index (χ4n) is 5.20. The van der Waals surface area contributed by atoms with Crippen LogP contribution in [0.5, 0.6) is 46.0 Å². The van der Waals surface area contributed by atoms with Crippen LogP contribution < -0.4 is 43.8 Å². The number of methoxy groups -OCH3 is 6. The van der Waals surface area contributed by atoms with Crippen LogP contribution >= 0.6 is 0 Å². The van der Waals surface area contributed by atoms with E-state index in [0.29, 0.717) is 71.9 Å². The summed E-state index contributed by atoms with van der Waals surface area (Å²) in [6.45, 7) is 0.937. The smallest absolute Gasteiger partial charge is 0.224 e. The van der Waals surface area contributed by atoms with Gasteiger partial charge in [-0.25, -0.2) is 0 Å². The van der Waals surface area contributed by atoms with E-state index >= 15 is 0 Å². The Bertz CT molecular complexity index is 1720. The van der Waals surface area contributed by atoms with Gasteiger partial charge in [0.15, 0.2) is 46.0 Å². The normalized spacial score (nSPS) is 10.5. The maximum atomic E-state index is 12.8. The van der Waals surface area contributed by atoms with Crippen LogP contribution in [0, 0.1) is 0 Å². The summed E-state index contributed by atoms with van der Waals surface area (Å²) in [6, 6.07) is 22.1. The maximum Gasteiger partial charge on any atom is 0.224 e. The minimum Gasteiger partial charge on any atom is -0.493 e. The van der Waals surface area contributed by atoms with Crippen molar-refractivity contribution in [2.75, 3.05) is 55.7 Å². The first-order chi connectivity index (χ1) is 23.8. The zero-order chi connectivity index (χ0) is 35.2. The number of carbonyl (C=O) groups is 2. The molecule has 11 heteroatoms. The van der Waals surface area contributed by atoms with Gasteiger partial charge in [0.25, 0.3) is 0 Å². The van der Waals surface area contributed by atoms with Gasteiger partial charge in [0, 0.05) is 13.1 Å². The number of ether oxygens (including phenoxy) is 7. The van der Waals surface area contributed by atoms with Gasteiger partial charge < -0.3 is 43.8 Å². The second-order valence-electron chi connectivity index (χ2n) is 11.0. The van der Waals surface area contributed by atoms with Gasteiger partial charge in [0.2, 0.25) is 11.8 Å². The van der Waals surface area contributed by atoms with E-state index in [0.717, 1.165) is 22.3 Å². The lowest BCUT2D eigenvalue weighted by atomic mass is 10.1. The van der Waals surface area contributed by atoms with Gasteiger partial charge >= 0.3 is 0 Å². The summed E-state index contributed by atoms with van der Waals surface area (Å²) in [4.78, 5) is 25.5. The Morgan fingerprint density at radius 3 is 1.18 bits per heavy atom. The van der Waals surface area contributed by atoms with Crippen LogP contribution in [0.1, 0.15) is 22.3 Å². The predicted octanol–water partition coefficient (Wildman–Crippen LogP) is 5.33. The number of nitrogens with one attached hydrogen (secondary N) is 2. The number of hydrogen-bond acceptors (Lipinski definition) is 9. The van der Waals surface area contributed by atoms with Crippen molar-refractivity contribution in [3.05, 3.63) is 95.1 Å². The van der Waals surface area contributed by atoms with Gasteiger partial charge in [-0.1, -0.05) is 24.3 Å². The van der Waals surface area contributed by atoms with Gasteiger partial charge in [-0.15, -0.1) is 0 Å².